The first-order valence-electron chi connectivity index (χ1n) is 12.6. The number of nitrogens with one attached hydrogen (secondary N) is 1. The Morgan fingerprint density at radius 3 is 1.90 bits per heavy atom. The molecule has 0 spiro atoms. The summed E-state index contributed by atoms with van der Waals surface area (Å²) in [5, 5.41) is 22.4. The lowest BCUT2D eigenvalue weighted by molar-refractivity contribution is -0.121. The van der Waals surface area contributed by atoms with Crippen LogP contribution in [0.4, 0.5) is 0 Å². The minimum Gasteiger partial charge on any atom is -0.394 e. The van der Waals surface area contributed by atoms with Gasteiger partial charge in [-0.1, -0.05) is 96.5 Å². The van der Waals surface area contributed by atoms with Crippen LogP contribution in [0.2, 0.25) is 0 Å². The highest BCUT2D eigenvalue weighted by Gasteiger charge is 2.22. The van der Waals surface area contributed by atoms with E-state index in [1.54, 1.807) is 6.07 Å². The summed E-state index contributed by atoms with van der Waals surface area (Å²) in [7, 11) is 0. The summed E-state index contributed by atoms with van der Waals surface area (Å²) in [5.41, 5.74) is 1.45. The van der Waals surface area contributed by atoms with E-state index in [-0.39, 0.29) is 12.5 Å². The van der Waals surface area contributed by atoms with E-state index in [0.29, 0.717) is 5.69 Å². The second-order valence-electron chi connectivity index (χ2n) is 8.83. The Bertz CT molecular complexity index is 580. The highest BCUT2D eigenvalue weighted by atomic mass is 16.3. The topological polar surface area (TPSA) is 82.5 Å². The molecule has 178 valence electrons. The van der Waals surface area contributed by atoms with Gasteiger partial charge in [-0.05, 0) is 25.0 Å². The number of aliphatic hydroxyl groups is 2. The molecule has 1 rings (SSSR count). The maximum Gasteiger partial charge on any atom is 0.217 e. The molecule has 0 radical (unpaired) electrons. The van der Waals surface area contributed by atoms with Crippen LogP contribution in [0.3, 0.4) is 0 Å². The number of rotatable bonds is 19. The van der Waals surface area contributed by atoms with Gasteiger partial charge in [0, 0.05) is 12.6 Å². The van der Waals surface area contributed by atoms with Crippen LogP contribution in [0.5, 0.6) is 0 Å². The Balaban J connectivity index is 2.11. The summed E-state index contributed by atoms with van der Waals surface area (Å²) < 4.78 is 0. The first kappa shape index (κ1) is 27.6. The number of unbranched alkanes of at least 4 members (excludes halogenated alkanes) is 13. The van der Waals surface area contributed by atoms with Crippen LogP contribution in [0, 0.1) is 0 Å². The Morgan fingerprint density at radius 2 is 1.42 bits per heavy atom. The van der Waals surface area contributed by atoms with Crippen molar-refractivity contribution in [3.63, 3.8) is 0 Å². The molecule has 0 fully saturated rings. The van der Waals surface area contributed by atoms with Crippen molar-refractivity contribution in [2.75, 3.05) is 6.61 Å². The van der Waals surface area contributed by atoms with Crippen molar-refractivity contribution in [1.29, 1.82) is 0 Å². The quantitative estimate of drug-likeness (QED) is 0.246. The summed E-state index contributed by atoms with van der Waals surface area (Å²) in [6.45, 7) is 3.31. The molecule has 0 aromatic carbocycles. The monoisotopic (exact) mass is 434 g/mol. The number of carbonyl (C=O) groups is 1. The molecule has 2 unspecified atom stereocenters. The summed E-state index contributed by atoms with van der Waals surface area (Å²) in [4.78, 5) is 15.8. The summed E-state index contributed by atoms with van der Waals surface area (Å²) >= 11 is 0. The van der Waals surface area contributed by atoms with Crippen molar-refractivity contribution in [1.82, 2.24) is 10.3 Å². The number of aromatic nitrogens is 1. The molecule has 3 N–H and O–H groups in total. The van der Waals surface area contributed by atoms with Gasteiger partial charge in [0.05, 0.1) is 18.3 Å². The van der Waals surface area contributed by atoms with E-state index in [1.807, 2.05) is 12.1 Å². The third kappa shape index (κ3) is 13.5. The van der Waals surface area contributed by atoms with Crippen LogP contribution < -0.4 is 5.32 Å². The van der Waals surface area contributed by atoms with Gasteiger partial charge in [-0.3, -0.25) is 9.78 Å². The highest BCUT2D eigenvalue weighted by molar-refractivity contribution is 5.73. The van der Waals surface area contributed by atoms with E-state index in [1.165, 1.54) is 90.4 Å². The highest BCUT2D eigenvalue weighted by Crippen LogP contribution is 2.17. The molecule has 0 aliphatic carbocycles. The maximum atomic E-state index is 11.2. The third-order valence-electron chi connectivity index (χ3n) is 5.88. The molecule has 1 aromatic heterocycles. The minimum absolute atomic E-state index is 0.281. The van der Waals surface area contributed by atoms with Crippen molar-refractivity contribution in [3.05, 3.63) is 29.6 Å². The smallest absolute Gasteiger partial charge is 0.217 e. The van der Waals surface area contributed by atoms with Crippen LogP contribution in [0.15, 0.2) is 18.2 Å². The molecule has 5 heteroatoms. The summed E-state index contributed by atoms with van der Waals surface area (Å²) in [6.07, 6.45) is 18.7. The molecular weight excluding hydrogens is 388 g/mol. The largest absolute Gasteiger partial charge is 0.394 e. The molecule has 1 aromatic rings. The van der Waals surface area contributed by atoms with E-state index >= 15 is 0 Å². The molecule has 0 saturated heterocycles. The van der Waals surface area contributed by atoms with Crippen LogP contribution in [0.25, 0.3) is 0 Å². The molecular formula is C26H46N2O3. The van der Waals surface area contributed by atoms with Crippen molar-refractivity contribution < 1.29 is 15.0 Å². The standard InChI is InChI=1S/C26H46N2O3/c1-3-4-5-6-7-8-9-10-11-12-13-14-15-16-18-23-19-17-20-24(28-23)26(31)25(21-29)27-22(2)30/h17,19-20,25-26,29,31H,3-16,18,21H2,1-2H3,(H,27,30). The van der Waals surface area contributed by atoms with Crippen LogP contribution in [0.1, 0.15) is 121 Å². The Hall–Kier alpha value is -1.46. The van der Waals surface area contributed by atoms with E-state index in [0.717, 1.165) is 18.5 Å². The van der Waals surface area contributed by atoms with Gasteiger partial charge in [0.15, 0.2) is 0 Å². The van der Waals surface area contributed by atoms with E-state index in [4.69, 9.17) is 0 Å². The number of carbonyl (C=O) groups excluding carboxylic acids is 1. The van der Waals surface area contributed by atoms with E-state index < -0.39 is 12.1 Å². The van der Waals surface area contributed by atoms with Gasteiger partial charge >= 0.3 is 0 Å². The van der Waals surface area contributed by atoms with Gasteiger partial charge in [-0.2, -0.15) is 0 Å². The summed E-state index contributed by atoms with van der Waals surface area (Å²) in [6, 6.07) is 4.86. The van der Waals surface area contributed by atoms with Gasteiger partial charge < -0.3 is 15.5 Å². The van der Waals surface area contributed by atoms with E-state index in [2.05, 4.69) is 17.2 Å². The zero-order valence-electron chi connectivity index (χ0n) is 20.0. The molecule has 0 aliphatic heterocycles. The number of aryl methyl sites for hydroxylation is 1. The number of hydrogen-bond acceptors (Lipinski definition) is 4. The lowest BCUT2D eigenvalue weighted by atomic mass is 10.0. The second-order valence-corrected chi connectivity index (χ2v) is 8.83. The minimum atomic E-state index is -1.01. The van der Waals surface area contributed by atoms with Gasteiger partial charge in [0.1, 0.15) is 6.10 Å². The van der Waals surface area contributed by atoms with Crippen molar-refractivity contribution in [2.45, 2.75) is 122 Å². The van der Waals surface area contributed by atoms with Crippen molar-refractivity contribution >= 4 is 5.91 Å². The molecule has 1 amide bonds. The van der Waals surface area contributed by atoms with Crippen LogP contribution in [-0.2, 0) is 11.2 Å². The third-order valence-corrected chi connectivity index (χ3v) is 5.88. The molecule has 0 saturated carbocycles. The lowest BCUT2D eigenvalue weighted by Gasteiger charge is -2.21. The predicted octanol–water partition coefficient (Wildman–Crippen LogP) is 5.64. The fourth-order valence-electron chi connectivity index (χ4n) is 3.99. The molecule has 0 aliphatic rings. The number of aliphatic hydroxyl groups excluding tert-OH is 2. The van der Waals surface area contributed by atoms with Crippen LogP contribution >= 0.6 is 0 Å². The molecule has 5 nitrogen and oxygen atoms in total. The second kappa shape index (κ2) is 18.1. The molecule has 31 heavy (non-hydrogen) atoms. The average Bonchev–Trinajstić information content (AvgIpc) is 2.77. The fourth-order valence-corrected chi connectivity index (χ4v) is 3.99. The zero-order chi connectivity index (χ0) is 22.7. The number of amides is 1. The molecule has 1 heterocycles. The predicted molar refractivity (Wildman–Crippen MR) is 128 cm³/mol. The molecule has 2 atom stereocenters. The van der Waals surface area contributed by atoms with Crippen LogP contribution in [-0.4, -0.2) is 33.8 Å². The Kier molecular flexibility index (Phi) is 16.1. The van der Waals surface area contributed by atoms with Crippen molar-refractivity contribution in [3.8, 4) is 0 Å². The van der Waals surface area contributed by atoms with Gasteiger partial charge in [-0.15, -0.1) is 0 Å². The normalized spacial score (nSPS) is 13.2. The number of hydrogen-bond donors (Lipinski definition) is 3. The van der Waals surface area contributed by atoms with Gasteiger partial charge in [-0.25, -0.2) is 0 Å². The zero-order valence-corrected chi connectivity index (χ0v) is 20.0. The Labute approximate surface area is 190 Å². The van der Waals surface area contributed by atoms with Gasteiger partial charge in [0.25, 0.3) is 0 Å². The SMILES string of the molecule is CCCCCCCCCCCCCCCCc1cccc(C(O)C(CO)NC(C)=O)n1. The first-order valence-corrected chi connectivity index (χ1v) is 12.6. The fraction of sp³-hybridized carbons (Fsp3) is 0.769. The summed E-state index contributed by atoms with van der Waals surface area (Å²) in [5.74, 6) is -0.281. The first-order chi connectivity index (χ1) is 15.1. The maximum absolute atomic E-state index is 11.2. The average molecular weight is 435 g/mol. The number of pyridine rings is 1. The number of nitrogens with zero attached hydrogens (tertiary/aromatic N) is 1. The Morgan fingerprint density at radius 1 is 0.903 bits per heavy atom. The molecule has 0 bridgehead atoms. The van der Waals surface area contributed by atoms with E-state index in [9.17, 15) is 15.0 Å². The van der Waals surface area contributed by atoms with Gasteiger partial charge in [0.2, 0.25) is 5.91 Å². The lowest BCUT2D eigenvalue weighted by Crippen LogP contribution is -2.41. The van der Waals surface area contributed by atoms with Crippen molar-refractivity contribution in [2.24, 2.45) is 0 Å².